The van der Waals surface area contributed by atoms with E-state index >= 15 is 0 Å². The Morgan fingerprint density at radius 1 is 1.07 bits per heavy atom. The molecular weight excluding hydrogens is 387 g/mol. The molecule has 2 saturated heterocycles. The molecule has 1 aromatic carbocycles. The van der Waals surface area contributed by atoms with Crippen LogP contribution in [-0.4, -0.2) is 74.6 Å². The van der Waals surface area contributed by atoms with Crippen molar-refractivity contribution >= 4 is 17.6 Å². The van der Waals surface area contributed by atoms with E-state index in [1.165, 1.54) is 19.2 Å². The normalized spacial score (nSPS) is 19.3. The van der Waals surface area contributed by atoms with Gasteiger partial charge in [0.15, 0.2) is 0 Å². The molecule has 0 N–H and O–H groups in total. The van der Waals surface area contributed by atoms with Crippen LogP contribution in [0.3, 0.4) is 0 Å². The molecule has 6 nitrogen and oxygen atoms in total. The number of nitrogens with zero attached hydrogens (tertiary/aromatic N) is 3. The quantitative estimate of drug-likeness (QED) is 0.709. The van der Waals surface area contributed by atoms with Crippen LogP contribution in [0.4, 0.5) is 18.9 Å². The zero-order valence-corrected chi connectivity index (χ0v) is 16.5. The van der Waals surface area contributed by atoms with Crippen LogP contribution in [-0.2, 0) is 20.5 Å². The Morgan fingerprint density at radius 3 is 2.31 bits per heavy atom. The lowest BCUT2D eigenvalue weighted by atomic mass is 9.97. The lowest BCUT2D eigenvalue weighted by Crippen LogP contribution is -2.51. The number of amides is 1. The maximum absolute atomic E-state index is 12.9. The predicted molar refractivity (Wildman–Crippen MR) is 101 cm³/mol. The van der Waals surface area contributed by atoms with Gasteiger partial charge in [0.25, 0.3) is 0 Å². The average Bonchev–Trinajstić information content (AvgIpc) is 2.73. The topological polar surface area (TPSA) is 53.1 Å². The summed E-state index contributed by atoms with van der Waals surface area (Å²) in [5, 5.41) is 0. The number of likely N-dealkylation sites (tertiary alicyclic amines) is 1. The van der Waals surface area contributed by atoms with E-state index in [1.54, 1.807) is 11.0 Å². The molecule has 160 valence electrons. The molecule has 0 atom stereocenters. The summed E-state index contributed by atoms with van der Waals surface area (Å²) in [7, 11) is 1.37. The number of hydrogen-bond acceptors (Lipinski definition) is 5. The lowest BCUT2D eigenvalue weighted by molar-refractivity contribution is -0.149. The van der Waals surface area contributed by atoms with Crippen LogP contribution < -0.4 is 4.90 Å². The summed E-state index contributed by atoms with van der Waals surface area (Å²) in [6.45, 7) is 3.74. The van der Waals surface area contributed by atoms with Crippen molar-refractivity contribution in [3.8, 4) is 0 Å². The Balaban J connectivity index is 1.47. The van der Waals surface area contributed by atoms with Crippen molar-refractivity contribution in [2.75, 3.05) is 57.8 Å². The van der Waals surface area contributed by atoms with Gasteiger partial charge in [-0.05, 0) is 31.0 Å². The van der Waals surface area contributed by atoms with E-state index in [0.717, 1.165) is 6.07 Å². The van der Waals surface area contributed by atoms with Crippen molar-refractivity contribution in [2.24, 2.45) is 5.92 Å². The van der Waals surface area contributed by atoms with Gasteiger partial charge in [-0.3, -0.25) is 14.5 Å². The molecule has 2 fully saturated rings. The molecule has 2 heterocycles. The first-order valence-electron chi connectivity index (χ1n) is 9.78. The Morgan fingerprint density at radius 2 is 1.72 bits per heavy atom. The van der Waals surface area contributed by atoms with Gasteiger partial charge in [-0.1, -0.05) is 6.07 Å². The van der Waals surface area contributed by atoms with Gasteiger partial charge in [0.2, 0.25) is 5.91 Å². The first-order chi connectivity index (χ1) is 13.8. The molecule has 0 unspecified atom stereocenters. The number of halogens is 3. The zero-order valence-electron chi connectivity index (χ0n) is 16.5. The summed E-state index contributed by atoms with van der Waals surface area (Å²) in [6, 6.07) is 5.35. The number of hydrogen-bond donors (Lipinski definition) is 0. The second-order valence-electron chi connectivity index (χ2n) is 7.49. The van der Waals surface area contributed by atoms with E-state index in [2.05, 4.69) is 0 Å². The van der Waals surface area contributed by atoms with Gasteiger partial charge in [-0.25, -0.2) is 0 Å². The predicted octanol–water partition coefficient (Wildman–Crippen LogP) is 2.24. The van der Waals surface area contributed by atoms with Crippen LogP contribution >= 0.6 is 0 Å². The Kier molecular flexibility index (Phi) is 6.66. The third-order valence-electron chi connectivity index (χ3n) is 5.65. The number of methoxy groups -OCH3 is 1. The summed E-state index contributed by atoms with van der Waals surface area (Å²) in [5.41, 5.74) is -0.0985. The van der Waals surface area contributed by atoms with Crippen LogP contribution in [0.1, 0.15) is 18.4 Å². The number of esters is 1. The molecule has 0 aliphatic carbocycles. The minimum atomic E-state index is -4.36. The van der Waals surface area contributed by atoms with Crippen molar-refractivity contribution in [3.63, 3.8) is 0 Å². The maximum atomic E-state index is 12.9. The van der Waals surface area contributed by atoms with Crippen LogP contribution in [0.25, 0.3) is 0 Å². The highest BCUT2D eigenvalue weighted by Gasteiger charge is 2.32. The molecule has 2 aliphatic heterocycles. The fourth-order valence-electron chi connectivity index (χ4n) is 3.87. The molecule has 2 aliphatic rings. The Labute approximate surface area is 168 Å². The van der Waals surface area contributed by atoms with E-state index in [9.17, 15) is 22.8 Å². The molecule has 0 bridgehead atoms. The van der Waals surface area contributed by atoms with Crippen molar-refractivity contribution in [1.82, 2.24) is 9.80 Å². The molecule has 0 radical (unpaired) electrons. The summed E-state index contributed by atoms with van der Waals surface area (Å²) in [5.74, 6) is -0.330. The minimum Gasteiger partial charge on any atom is -0.469 e. The molecular formula is C20H26F3N3O3. The third kappa shape index (κ3) is 5.41. The summed E-state index contributed by atoms with van der Waals surface area (Å²) in [4.78, 5) is 29.8. The molecule has 9 heteroatoms. The number of piperazine rings is 1. The van der Waals surface area contributed by atoms with Gasteiger partial charge in [0, 0.05) is 45.0 Å². The smallest absolute Gasteiger partial charge is 0.416 e. The Hall–Kier alpha value is -2.29. The van der Waals surface area contributed by atoms with Gasteiger partial charge in [-0.15, -0.1) is 0 Å². The van der Waals surface area contributed by atoms with E-state index in [4.69, 9.17) is 4.74 Å². The van der Waals surface area contributed by atoms with E-state index in [1.807, 2.05) is 9.80 Å². The van der Waals surface area contributed by atoms with Gasteiger partial charge in [0.05, 0.1) is 25.1 Å². The van der Waals surface area contributed by atoms with Crippen LogP contribution in [0.15, 0.2) is 24.3 Å². The van der Waals surface area contributed by atoms with Crippen LogP contribution in [0.5, 0.6) is 0 Å². The monoisotopic (exact) mass is 413 g/mol. The fourth-order valence-corrected chi connectivity index (χ4v) is 3.87. The second-order valence-corrected chi connectivity index (χ2v) is 7.49. The highest BCUT2D eigenvalue weighted by Crippen LogP contribution is 2.31. The number of benzene rings is 1. The average molecular weight is 413 g/mol. The lowest BCUT2D eigenvalue weighted by Gasteiger charge is -2.37. The van der Waals surface area contributed by atoms with Gasteiger partial charge >= 0.3 is 12.1 Å². The van der Waals surface area contributed by atoms with Crippen molar-refractivity contribution < 1.29 is 27.5 Å². The third-order valence-corrected chi connectivity index (χ3v) is 5.65. The van der Waals surface area contributed by atoms with E-state index in [-0.39, 0.29) is 17.8 Å². The number of ether oxygens (including phenoxy) is 1. The number of anilines is 1. The van der Waals surface area contributed by atoms with E-state index < -0.39 is 11.7 Å². The summed E-state index contributed by atoms with van der Waals surface area (Å²) < 4.78 is 43.5. The van der Waals surface area contributed by atoms with Crippen molar-refractivity contribution in [3.05, 3.63) is 29.8 Å². The van der Waals surface area contributed by atoms with Crippen LogP contribution in [0.2, 0.25) is 0 Å². The molecule has 29 heavy (non-hydrogen) atoms. The maximum Gasteiger partial charge on any atom is 0.416 e. The summed E-state index contributed by atoms with van der Waals surface area (Å²) >= 11 is 0. The standard InChI is InChI=1S/C20H26F3N3O3/c1-29-19(28)15-5-7-26(8-6-15)18(27)14-24-9-11-25(12-10-24)17-4-2-3-16(13-17)20(21,22)23/h2-4,13,15H,5-12,14H2,1H3. The zero-order chi connectivity index (χ0) is 21.0. The van der Waals surface area contributed by atoms with Crippen molar-refractivity contribution in [1.29, 1.82) is 0 Å². The van der Waals surface area contributed by atoms with E-state index in [0.29, 0.717) is 64.3 Å². The number of alkyl halides is 3. The van der Waals surface area contributed by atoms with Gasteiger partial charge in [0.1, 0.15) is 0 Å². The minimum absolute atomic E-state index is 0.0286. The summed E-state index contributed by atoms with van der Waals surface area (Å²) in [6.07, 6.45) is -3.13. The molecule has 1 aromatic rings. The van der Waals surface area contributed by atoms with Gasteiger partial charge < -0.3 is 14.5 Å². The molecule has 0 saturated carbocycles. The molecule has 1 amide bonds. The fraction of sp³-hybridized carbons (Fsp3) is 0.600. The van der Waals surface area contributed by atoms with Gasteiger partial charge in [-0.2, -0.15) is 13.2 Å². The largest absolute Gasteiger partial charge is 0.469 e. The van der Waals surface area contributed by atoms with Crippen LogP contribution in [0, 0.1) is 5.92 Å². The number of piperidine rings is 1. The highest BCUT2D eigenvalue weighted by atomic mass is 19.4. The molecule has 0 aromatic heterocycles. The van der Waals surface area contributed by atoms with Crippen molar-refractivity contribution in [2.45, 2.75) is 19.0 Å². The molecule has 3 rings (SSSR count). The SMILES string of the molecule is COC(=O)C1CCN(C(=O)CN2CCN(c3cccc(C(F)(F)F)c3)CC2)CC1. The number of carbonyl (C=O) groups excluding carboxylic acids is 2. The molecule has 0 spiro atoms. The Bertz CT molecular complexity index is 725. The number of carbonyl (C=O) groups is 2. The first-order valence-corrected chi connectivity index (χ1v) is 9.78. The highest BCUT2D eigenvalue weighted by molar-refractivity contribution is 5.79. The first kappa shape index (κ1) is 21.4. The second kappa shape index (κ2) is 9.02. The number of rotatable bonds is 4.